The molecule has 0 aliphatic carbocycles. The van der Waals surface area contributed by atoms with Gasteiger partial charge >= 0.3 is 0 Å². The number of nitrogens with zero attached hydrogens (tertiary/aromatic N) is 3. The molecule has 0 amide bonds. The Balaban J connectivity index is 1.86. The number of hydrogen-bond donors (Lipinski definition) is 1. The Morgan fingerprint density at radius 2 is 2.12 bits per heavy atom. The molecule has 1 saturated heterocycles. The lowest BCUT2D eigenvalue weighted by molar-refractivity contribution is 0.474. The molecule has 0 bridgehead atoms. The molecule has 5 heteroatoms. The molecule has 0 saturated carbocycles. The topological polar surface area (TPSA) is 56.2 Å². The van der Waals surface area contributed by atoms with Crippen LogP contribution in [-0.2, 0) is 6.42 Å². The second-order valence-corrected chi connectivity index (χ2v) is 5.79. The van der Waals surface area contributed by atoms with Crippen LogP contribution in [0.15, 0.2) is 18.3 Å². The molecule has 0 aromatic carbocycles. The number of fused-ring (bicyclic) bond motifs is 1. The van der Waals surface area contributed by atoms with Crippen LogP contribution in [0.4, 0.5) is 5.69 Å². The summed E-state index contributed by atoms with van der Waals surface area (Å²) in [4.78, 5) is 0. The lowest BCUT2D eigenvalue weighted by Gasteiger charge is -2.20. The van der Waals surface area contributed by atoms with Crippen LogP contribution in [0, 0.1) is 5.92 Å². The zero-order chi connectivity index (χ0) is 11.7. The highest BCUT2D eigenvalue weighted by Crippen LogP contribution is 2.25. The standard InChI is InChI=1S/C12H16N4S/c13-10-1-2-11-14-15-12(16(11)8-10)7-9-3-5-17-6-4-9/h1-2,8-9H,3-7,13H2. The summed E-state index contributed by atoms with van der Waals surface area (Å²) in [6.07, 6.45) is 5.53. The second kappa shape index (κ2) is 4.56. The number of nitrogens with two attached hydrogens (primary N) is 1. The van der Waals surface area contributed by atoms with E-state index in [0.717, 1.165) is 29.5 Å². The molecule has 17 heavy (non-hydrogen) atoms. The van der Waals surface area contributed by atoms with Crippen LogP contribution >= 0.6 is 11.8 Å². The Morgan fingerprint density at radius 1 is 1.29 bits per heavy atom. The molecule has 0 spiro atoms. The first-order valence-corrected chi connectivity index (χ1v) is 7.15. The largest absolute Gasteiger partial charge is 0.398 e. The van der Waals surface area contributed by atoms with E-state index in [9.17, 15) is 0 Å². The zero-order valence-electron chi connectivity index (χ0n) is 9.67. The van der Waals surface area contributed by atoms with E-state index in [4.69, 9.17) is 5.73 Å². The fourth-order valence-corrected chi connectivity index (χ4v) is 3.51. The summed E-state index contributed by atoms with van der Waals surface area (Å²) in [5.41, 5.74) is 7.46. The van der Waals surface area contributed by atoms with E-state index in [1.165, 1.54) is 24.3 Å². The molecule has 4 nitrogen and oxygen atoms in total. The van der Waals surface area contributed by atoms with Crippen LogP contribution in [-0.4, -0.2) is 26.1 Å². The average Bonchev–Trinajstić information content (AvgIpc) is 2.73. The molecule has 0 atom stereocenters. The van der Waals surface area contributed by atoms with E-state index in [1.54, 1.807) is 0 Å². The van der Waals surface area contributed by atoms with Crippen molar-refractivity contribution in [1.82, 2.24) is 14.6 Å². The summed E-state index contributed by atoms with van der Waals surface area (Å²) in [6, 6.07) is 3.79. The highest BCUT2D eigenvalue weighted by Gasteiger charge is 2.17. The highest BCUT2D eigenvalue weighted by atomic mass is 32.2. The molecule has 2 aromatic rings. The van der Waals surface area contributed by atoms with Crippen LogP contribution in [0.5, 0.6) is 0 Å². The minimum atomic E-state index is 0.755. The second-order valence-electron chi connectivity index (χ2n) is 4.57. The van der Waals surface area contributed by atoms with Gasteiger partial charge in [-0.25, -0.2) is 0 Å². The van der Waals surface area contributed by atoms with Gasteiger partial charge in [-0.1, -0.05) is 0 Å². The Labute approximate surface area is 105 Å². The van der Waals surface area contributed by atoms with Crippen LogP contribution in [0.2, 0.25) is 0 Å². The molecular formula is C12H16N4S. The third-order valence-corrected chi connectivity index (χ3v) is 4.36. The number of aromatic nitrogens is 3. The molecule has 90 valence electrons. The first-order valence-electron chi connectivity index (χ1n) is 6.00. The van der Waals surface area contributed by atoms with Gasteiger partial charge in [-0.2, -0.15) is 11.8 Å². The van der Waals surface area contributed by atoms with Crippen LogP contribution in [0.25, 0.3) is 5.65 Å². The normalized spacial score (nSPS) is 17.6. The van der Waals surface area contributed by atoms with Gasteiger partial charge in [0.1, 0.15) is 5.82 Å². The maximum atomic E-state index is 5.81. The van der Waals surface area contributed by atoms with Gasteiger partial charge in [-0.15, -0.1) is 10.2 Å². The molecule has 2 N–H and O–H groups in total. The predicted octanol–water partition coefficient (Wildman–Crippen LogP) is 2.00. The monoisotopic (exact) mass is 248 g/mol. The van der Waals surface area contributed by atoms with E-state index in [1.807, 2.05) is 22.7 Å². The summed E-state index contributed by atoms with van der Waals surface area (Å²) >= 11 is 2.05. The number of pyridine rings is 1. The SMILES string of the molecule is Nc1ccc2nnc(CC3CCSCC3)n2c1. The van der Waals surface area contributed by atoms with Crippen molar-refractivity contribution in [1.29, 1.82) is 0 Å². The smallest absolute Gasteiger partial charge is 0.160 e. The van der Waals surface area contributed by atoms with Crippen molar-refractivity contribution >= 4 is 23.1 Å². The molecule has 3 heterocycles. The van der Waals surface area contributed by atoms with Crippen molar-refractivity contribution in [3.05, 3.63) is 24.2 Å². The van der Waals surface area contributed by atoms with Gasteiger partial charge in [0.05, 0.1) is 0 Å². The summed E-state index contributed by atoms with van der Waals surface area (Å²) < 4.78 is 2.02. The number of anilines is 1. The first kappa shape index (κ1) is 10.9. The van der Waals surface area contributed by atoms with Crippen molar-refractivity contribution in [2.24, 2.45) is 5.92 Å². The van der Waals surface area contributed by atoms with Crippen molar-refractivity contribution < 1.29 is 0 Å². The van der Waals surface area contributed by atoms with Gasteiger partial charge in [0.15, 0.2) is 5.65 Å². The molecule has 0 radical (unpaired) electrons. The highest BCUT2D eigenvalue weighted by molar-refractivity contribution is 7.99. The summed E-state index contributed by atoms with van der Waals surface area (Å²) in [7, 11) is 0. The molecular weight excluding hydrogens is 232 g/mol. The van der Waals surface area contributed by atoms with Crippen LogP contribution in [0.1, 0.15) is 18.7 Å². The van der Waals surface area contributed by atoms with Gasteiger partial charge in [0.25, 0.3) is 0 Å². The van der Waals surface area contributed by atoms with Gasteiger partial charge < -0.3 is 5.73 Å². The third kappa shape index (κ3) is 2.24. The number of hydrogen-bond acceptors (Lipinski definition) is 4. The van der Waals surface area contributed by atoms with E-state index in [-0.39, 0.29) is 0 Å². The lowest BCUT2D eigenvalue weighted by atomic mass is 9.98. The van der Waals surface area contributed by atoms with Crippen molar-refractivity contribution in [2.75, 3.05) is 17.2 Å². The quantitative estimate of drug-likeness (QED) is 0.883. The van der Waals surface area contributed by atoms with Crippen LogP contribution in [0.3, 0.4) is 0 Å². The maximum Gasteiger partial charge on any atom is 0.160 e. The summed E-state index contributed by atoms with van der Waals surface area (Å²) in [6.45, 7) is 0. The Bertz CT molecular complexity index is 516. The van der Waals surface area contributed by atoms with Crippen molar-refractivity contribution in [2.45, 2.75) is 19.3 Å². The van der Waals surface area contributed by atoms with E-state index >= 15 is 0 Å². The zero-order valence-corrected chi connectivity index (χ0v) is 10.5. The molecule has 2 aromatic heterocycles. The van der Waals surface area contributed by atoms with Crippen molar-refractivity contribution in [3.8, 4) is 0 Å². The molecule has 3 rings (SSSR count). The summed E-state index contributed by atoms with van der Waals surface area (Å²) in [5, 5.41) is 8.46. The minimum absolute atomic E-state index is 0.755. The Hall–Kier alpha value is -1.23. The third-order valence-electron chi connectivity index (χ3n) is 3.31. The fraction of sp³-hybridized carbons (Fsp3) is 0.500. The minimum Gasteiger partial charge on any atom is -0.398 e. The van der Waals surface area contributed by atoms with Crippen molar-refractivity contribution in [3.63, 3.8) is 0 Å². The fourth-order valence-electron chi connectivity index (χ4n) is 2.30. The number of nitrogen functional groups attached to an aromatic ring is 1. The van der Waals surface area contributed by atoms with E-state index in [2.05, 4.69) is 22.0 Å². The van der Waals surface area contributed by atoms with Gasteiger partial charge in [0, 0.05) is 18.3 Å². The number of thioether (sulfide) groups is 1. The molecule has 1 aliphatic rings. The Morgan fingerprint density at radius 3 is 2.94 bits per heavy atom. The molecule has 1 fully saturated rings. The Kier molecular flexibility index (Phi) is 2.93. The van der Waals surface area contributed by atoms with Gasteiger partial charge in [0.2, 0.25) is 0 Å². The summed E-state index contributed by atoms with van der Waals surface area (Å²) in [5.74, 6) is 4.36. The maximum absolute atomic E-state index is 5.81. The predicted molar refractivity (Wildman–Crippen MR) is 71.2 cm³/mol. The van der Waals surface area contributed by atoms with Gasteiger partial charge in [-0.05, 0) is 42.4 Å². The number of rotatable bonds is 2. The van der Waals surface area contributed by atoms with Crippen LogP contribution < -0.4 is 5.73 Å². The average molecular weight is 248 g/mol. The lowest BCUT2D eigenvalue weighted by Crippen LogP contribution is -2.14. The molecule has 1 aliphatic heterocycles. The van der Waals surface area contributed by atoms with E-state index < -0.39 is 0 Å². The van der Waals surface area contributed by atoms with Gasteiger partial charge in [-0.3, -0.25) is 4.40 Å². The first-order chi connectivity index (χ1) is 8.33. The van der Waals surface area contributed by atoms with E-state index in [0.29, 0.717) is 0 Å². The molecule has 0 unspecified atom stereocenters.